The second-order valence-corrected chi connectivity index (χ2v) is 7.47. The maximum absolute atomic E-state index is 13.7. The third-order valence-electron chi connectivity index (χ3n) is 5.43. The van der Waals surface area contributed by atoms with Gasteiger partial charge in [-0.2, -0.15) is 0 Å². The Kier molecular flexibility index (Phi) is 6.40. The van der Waals surface area contributed by atoms with Gasteiger partial charge in [0.1, 0.15) is 5.75 Å². The number of ketones is 1. The SMILES string of the molecule is COc1cc(C(=O)c2cc(C3=NC=CC3)cnc2Cc2ccc(O)cc2)cc(OC)c1OC. The van der Waals surface area contributed by atoms with Crippen LogP contribution < -0.4 is 14.2 Å². The van der Waals surface area contributed by atoms with E-state index in [-0.39, 0.29) is 11.5 Å². The van der Waals surface area contributed by atoms with Crippen molar-refractivity contribution < 1.29 is 24.1 Å². The number of methoxy groups -OCH3 is 3. The summed E-state index contributed by atoms with van der Waals surface area (Å²) in [6.07, 6.45) is 6.57. The molecular formula is C26H24N2O5. The molecule has 4 rings (SSSR count). The minimum atomic E-state index is -0.219. The summed E-state index contributed by atoms with van der Waals surface area (Å²) in [5.74, 6) is 1.17. The van der Waals surface area contributed by atoms with E-state index in [0.29, 0.717) is 46.9 Å². The van der Waals surface area contributed by atoms with Crippen LogP contribution in [-0.4, -0.2) is 42.9 Å². The Morgan fingerprint density at radius 3 is 2.27 bits per heavy atom. The number of allylic oxidation sites excluding steroid dienone is 1. The van der Waals surface area contributed by atoms with Crippen LogP contribution in [0.2, 0.25) is 0 Å². The quantitative estimate of drug-likeness (QED) is 0.520. The molecule has 33 heavy (non-hydrogen) atoms. The van der Waals surface area contributed by atoms with Gasteiger partial charge in [0.05, 0.1) is 32.7 Å². The van der Waals surface area contributed by atoms with Crippen LogP contribution in [-0.2, 0) is 6.42 Å². The Morgan fingerprint density at radius 2 is 1.70 bits per heavy atom. The summed E-state index contributed by atoms with van der Waals surface area (Å²) < 4.78 is 16.2. The van der Waals surface area contributed by atoms with E-state index < -0.39 is 0 Å². The average molecular weight is 444 g/mol. The first-order valence-corrected chi connectivity index (χ1v) is 10.4. The molecule has 0 unspecified atom stereocenters. The van der Waals surface area contributed by atoms with Crippen molar-refractivity contribution in [3.05, 3.63) is 88.9 Å². The molecular weight excluding hydrogens is 420 g/mol. The molecule has 0 aliphatic carbocycles. The molecule has 7 heteroatoms. The first-order valence-electron chi connectivity index (χ1n) is 10.4. The normalized spacial score (nSPS) is 12.4. The van der Waals surface area contributed by atoms with E-state index in [2.05, 4.69) is 9.98 Å². The largest absolute Gasteiger partial charge is 0.508 e. The number of aromatic hydroxyl groups is 1. The lowest BCUT2D eigenvalue weighted by molar-refractivity contribution is 0.103. The van der Waals surface area contributed by atoms with Crippen LogP contribution in [0.3, 0.4) is 0 Å². The van der Waals surface area contributed by atoms with Gasteiger partial charge < -0.3 is 19.3 Å². The number of aromatic nitrogens is 1. The molecule has 0 amide bonds. The molecule has 0 fully saturated rings. The van der Waals surface area contributed by atoms with Crippen LogP contribution in [0.15, 0.2) is 65.9 Å². The maximum atomic E-state index is 13.7. The Hall–Kier alpha value is -4.13. The molecule has 0 atom stereocenters. The summed E-state index contributed by atoms with van der Waals surface area (Å²) in [4.78, 5) is 22.7. The molecule has 168 valence electrons. The number of rotatable bonds is 8. The van der Waals surface area contributed by atoms with Gasteiger partial charge in [0.2, 0.25) is 5.75 Å². The second kappa shape index (κ2) is 9.56. The minimum Gasteiger partial charge on any atom is -0.508 e. The fraction of sp³-hybridized carbons (Fsp3) is 0.192. The molecule has 1 aromatic heterocycles. The Morgan fingerprint density at radius 1 is 1.00 bits per heavy atom. The van der Waals surface area contributed by atoms with Gasteiger partial charge in [-0.15, -0.1) is 0 Å². The number of pyridine rings is 1. The highest BCUT2D eigenvalue weighted by molar-refractivity contribution is 6.12. The molecule has 2 aromatic carbocycles. The number of hydrogen-bond donors (Lipinski definition) is 1. The van der Waals surface area contributed by atoms with Crippen molar-refractivity contribution in [3.8, 4) is 23.0 Å². The smallest absolute Gasteiger partial charge is 0.203 e. The lowest BCUT2D eigenvalue weighted by Crippen LogP contribution is -2.11. The molecule has 1 N–H and O–H groups in total. The van der Waals surface area contributed by atoms with Crippen molar-refractivity contribution in [3.63, 3.8) is 0 Å². The summed E-state index contributed by atoms with van der Waals surface area (Å²) in [6, 6.07) is 11.9. The summed E-state index contributed by atoms with van der Waals surface area (Å²) in [7, 11) is 4.53. The maximum Gasteiger partial charge on any atom is 0.203 e. The summed E-state index contributed by atoms with van der Waals surface area (Å²) in [6.45, 7) is 0. The van der Waals surface area contributed by atoms with Crippen molar-refractivity contribution in [2.75, 3.05) is 21.3 Å². The van der Waals surface area contributed by atoms with E-state index in [4.69, 9.17) is 14.2 Å². The van der Waals surface area contributed by atoms with Gasteiger partial charge in [0, 0.05) is 41.9 Å². The number of ether oxygens (including phenoxy) is 3. The van der Waals surface area contributed by atoms with Crippen molar-refractivity contribution in [2.24, 2.45) is 4.99 Å². The Bertz CT molecular complexity index is 1220. The fourth-order valence-electron chi connectivity index (χ4n) is 3.72. The number of hydrogen-bond acceptors (Lipinski definition) is 7. The second-order valence-electron chi connectivity index (χ2n) is 7.47. The van der Waals surface area contributed by atoms with Crippen LogP contribution in [0.4, 0.5) is 0 Å². The molecule has 0 bridgehead atoms. The van der Waals surface area contributed by atoms with Gasteiger partial charge in [0.25, 0.3) is 0 Å². The summed E-state index contributed by atoms with van der Waals surface area (Å²) in [5, 5.41) is 9.59. The number of carbonyl (C=O) groups is 1. The number of carbonyl (C=O) groups excluding carboxylic acids is 1. The zero-order chi connectivity index (χ0) is 23.4. The van der Waals surface area contributed by atoms with Gasteiger partial charge in [-0.1, -0.05) is 18.2 Å². The third kappa shape index (κ3) is 4.57. The molecule has 0 spiro atoms. The first kappa shape index (κ1) is 22.1. The number of phenols is 1. The van der Waals surface area contributed by atoms with E-state index >= 15 is 0 Å². The molecule has 0 saturated heterocycles. The number of nitrogens with zero attached hydrogens (tertiary/aromatic N) is 2. The van der Waals surface area contributed by atoms with Crippen molar-refractivity contribution >= 4 is 11.5 Å². The van der Waals surface area contributed by atoms with Gasteiger partial charge in [0.15, 0.2) is 17.3 Å². The molecule has 0 radical (unpaired) electrons. The molecule has 3 aromatic rings. The van der Waals surface area contributed by atoms with E-state index in [1.54, 1.807) is 36.7 Å². The molecule has 0 saturated carbocycles. The fourth-order valence-corrected chi connectivity index (χ4v) is 3.72. The number of benzene rings is 2. The molecule has 2 heterocycles. The van der Waals surface area contributed by atoms with Crippen molar-refractivity contribution in [1.29, 1.82) is 0 Å². The van der Waals surface area contributed by atoms with Gasteiger partial charge in [-0.3, -0.25) is 14.8 Å². The van der Waals surface area contributed by atoms with Crippen LogP contribution >= 0.6 is 0 Å². The van der Waals surface area contributed by atoms with Gasteiger partial charge in [-0.25, -0.2) is 0 Å². The zero-order valence-corrected chi connectivity index (χ0v) is 18.7. The molecule has 1 aliphatic rings. The minimum absolute atomic E-state index is 0.183. The average Bonchev–Trinajstić information content (AvgIpc) is 3.39. The van der Waals surface area contributed by atoms with E-state index in [9.17, 15) is 9.90 Å². The van der Waals surface area contributed by atoms with Gasteiger partial charge in [-0.05, 0) is 35.9 Å². The highest BCUT2D eigenvalue weighted by Crippen LogP contribution is 2.39. The van der Waals surface area contributed by atoms with Crippen molar-refractivity contribution in [1.82, 2.24) is 4.98 Å². The standard InChI is InChI=1S/C26H24N2O5/c1-31-23-13-17(14-24(32-2)26(23)33-3)25(30)20-12-18(21-5-4-10-27-21)15-28-22(20)11-16-6-8-19(29)9-7-16/h4,6-10,12-15,29H,5,11H2,1-3H3. The van der Waals surface area contributed by atoms with Gasteiger partial charge >= 0.3 is 0 Å². The first-order chi connectivity index (χ1) is 16.0. The predicted molar refractivity (Wildman–Crippen MR) is 125 cm³/mol. The lowest BCUT2D eigenvalue weighted by Gasteiger charge is -2.15. The zero-order valence-electron chi connectivity index (χ0n) is 18.7. The van der Waals surface area contributed by atoms with Crippen LogP contribution in [0.25, 0.3) is 0 Å². The number of phenolic OH excluding ortho intramolecular Hbond substituents is 1. The summed E-state index contributed by atoms with van der Waals surface area (Å²) >= 11 is 0. The predicted octanol–water partition coefficient (Wildman–Crippen LogP) is 4.34. The van der Waals surface area contributed by atoms with E-state index in [0.717, 1.165) is 16.8 Å². The highest BCUT2D eigenvalue weighted by Gasteiger charge is 2.22. The monoisotopic (exact) mass is 444 g/mol. The van der Waals surface area contributed by atoms with E-state index in [1.165, 1.54) is 21.3 Å². The summed E-state index contributed by atoms with van der Waals surface area (Å²) in [5.41, 5.74) is 4.05. The van der Waals surface area contributed by atoms with Crippen molar-refractivity contribution in [2.45, 2.75) is 12.8 Å². The lowest BCUT2D eigenvalue weighted by atomic mass is 9.95. The molecule has 7 nitrogen and oxygen atoms in total. The van der Waals surface area contributed by atoms with E-state index in [1.807, 2.05) is 24.3 Å². The van der Waals surface area contributed by atoms with Crippen LogP contribution in [0.5, 0.6) is 23.0 Å². The third-order valence-corrected chi connectivity index (χ3v) is 5.43. The van der Waals surface area contributed by atoms with Crippen LogP contribution in [0.1, 0.15) is 39.2 Å². The Labute approximate surface area is 192 Å². The topological polar surface area (TPSA) is 90.2 Å². The highest BCUT2D eigenvalue weighted by atomic mass is 16.5. The number of aliphatic imine (C=N–C) groups is 1. The molecule has 1 aliphatic heterocycles. The Balaban J connectivity index is 1.80. The van der Waals surface area contributed by atoms with Crippen LogP contribution in [0, 0.1) is 0 Å².